The number of methoxy groups -OCH3 is 1. The van der Waals surface area contributed by atoms with E-state index in [1.807, 2.05) is 0 Å². The number of piperidine rings is 1. The molecule has 0 aromatic carbocycles. The Bertz CT molecular complexity index is 583. The lowest BCUT2D eigenvalue weighted by atomic mass is 10.0. The van der Waals surface area contributed by atoms with E-state index in [2.05, 4.69) is 5.43 Å². The van der Waals surface area contributed by atoms with Gasteiger partial charge in [0.05, 0.1) is 6.10 Å². The van der Waals surface area contributed by atoms with Crippen LogP contribution in [0.5, 0.6) is 5.75 Å². The van der Waals surface area contributed by atoms with E-state index < -0.39 is 11.2 Å². The number of hydrogen-bond donors (Lipinski definition) is 2. The van der Waals surface area contributed by atoms with Crippen molar-refractivity contribution in [1.82, 2.24) is 9.58 Å². The van der Waals surface area contributed by atoms with Crippen LogP contribution in [0.25, 0.3) is 0 Å². The van der Waals surface area contributed by atoms with Gasteiger partial charge in [0.1, 0.15) is 6.17 Å². The van der Waals surface area contributed by atoms with Crippen molar-refractivity contribution in [3.63, 3.8) is 0 Å². The Morgan fingerprint density at radius 1 is 1.47 bits per heavy atom. The van der Waals surface area contributed by atoms with Gasteiger partial charge in [-0.3, -0.25) is 14.3 Å². The van der Waals surface area contributed by atoms with Crippen molar-refractivity contribution < 1.29 is 14.6 Å². The van der Waals surface area contributed by atoms with Gasteiger partial charge in [-0.25, -0.2) is 0 Å². The standard InChI is InChI=1S/C12H15N3O4/c1-19-7-2-4-14-9(6-7)13-15-5-3-8(16)11(17)10(15)12(14)18/h3,5,7,9,13,17H,2,4,6H2,1H3/t7-,9+/m1/s1. The van der Waals surface area contributed by atoms with Crippen molar-refractivity contribution in [2.45, 2.75) is 25.1 Å². The van der Waals surface area contributed by atoms with Crippen LogP contribution in [0.1, 0.15) is 23.3 Å². The van der Waals surface area contributed by atoms with Crippen molar-refractivity contribution in [3.05, 3.63) is 28.2 Å². The van der Waals surface area contributed by atoms with Crippen LogP contribution in [0.4, 0.5) is 0 Å². The lowest BCUT2D eigenvalue weighted by molar-refractivity contribution is 0.0104. The highest BCUT2D eigenvalue weighted by molar-refractivity contribution is 5.96. The minimum Gasteiger partial charge on any atom is -0.502 e. The predicted molar refractivity (Wildman–Crippen MR) is 66.6 cm³/mol. The smallest absolute Gasteiger partial charge is 0.278 e. The molecule has 0 radical (unpaired) electrons. The molecule has 1 amide bonds. The van der Waals surface area contributed by atoms with Crippen LogP contribution in [-0.2, 0) is 4.74 Å². The first-order valence-corrected chi connectivity index (χ1v) is 6.16. The van der Waals surface area contributed by atoms with E-state index in [9.17, 15) is 14.7 Å². The van der Waals surface area contributed by atoms with Gasteiger partial charge in [0, 0.05) is 32.3 Å². The Morgan fingerprint density at radius 3 is 3.00 bits per heavy atom. The molecule has 3 heterocycles. The second-order valence-electron chi connectivity index (χ2n) is 4.77. The van der Waals surface area contributed by atoms with Gasteiger partial charge in [-0.05, 0) is 6.42 Å². The number of aromatic nitrogens is 1. The molecule has 0 bridgehead atoms. The summed E-state index contributed by atoms with van der Waals surface area (Å²) in [5.74, 6) is -0.833. The van der Waals surface area contributed by atoms with E-state index in [1.54, 1.807) is 12.0 Å². The summed E-state index contributed by atoms with van der Waals surface area (Å²) in [6, 6.07) is 1.23. The lowest BCUT2D eigenvalue weighted by Gasteiger charge is -2.43. The van der Waals surface area contributed by atoms with Gasteiger partial charge in [-0.2, -0.15) is 0 Å². The molecule has 0 unspecified atom stereocenters. The summed E-state index contributed by atoms with van der Waals surface area (Å²) in [5, 5.41) is 9.76. The van der Waals surface area contributed by atoms with Crippen LogP contribution in [0.15, 0.2) is 17.1 Å². The zero-order valence-electron chi connectivity index (χ0n) is 10.5. The SMILES string of the molecule is CO[C@@H]1CCN2C(=O)c3c(O)c(=O)ccn3N[C@@H]2C1. The van der Waals surface area contributed by atoms with E-state index in [1.165, 1.54) is 16.9 Å². The monoisotopic (exact) mass is 265 g/mol. The molecule has 2 aliphatic heterocycles. The highest BCUT2D eigenvalue weighted by Gasteiger charge is 2.38. The van der Waals surface area contributed by atoms with Gasteiger partial charge in [-0.15, -0.1) is 0 Å². The number of pyridine rings is 1. The second kappa shape index (κ2) is 4.27. The Kier molecular flexibility index (Phi) is 2.70. The van der Waals surface area contributed by atoms with Crippen LogP contribution >= 0.6 is 0 Å². The summed E-state index contributed by atoms with van der Waals surface area (Å²) in [6.45, 7) is 0.539. The average Bonchev–Trinajstić information content (AvgIpc) is 2.42. The van der Waals surface area contributed by atoms with Crippen LogP contribution in [0.2, 0.25) is 0 Å². The minimum atomic E-state index is -0.549. The molecule has 7 heteroatoms. The third-order valence-electron chi connectivity index (χ3n) is 3.71. The number of rotatable bonds is 1. The Hall–Kier alpha value is -2.02. The molecule has 102 valence electrons. The Morgan fingerprint density at radius 2 is 2.26 bits per heavy atom. The van der Waals surface area contributed by atoms with Gasteiger partial charge in [0.25, 0.3) is 5.91 Å². The van der Waals surface area contributed by atoms with Crippen molar-refractivity contribution in [1.29, 1.82) is 0 Å². The van der Waals surface area contributed by atoms with E-state index in [0.29, 0.717) is 13.0 Å². The molecular weight excluding hydrogens is 250 g/mol. The molecule has 1 aromatic heterocycles. The maximum absolute atomic E-state index is 12.3. The van der Waals surface area contributed by atoms with Crippen LogP contribution in [0, 0.1) is 0 Å². The highest BCUT2D eigenvalue weighted by Crippen LogP contribution is 2.26. The van der Waals surface area contributed by atoms with Crippen molar-refractivity contribution in [2.24, 2.45) is 0 Å². The number of carbonyl (C=O) groups is 1. The molecule has 3 rings (SSSR count). The summed E-state index contributed by atoms with van der Waals surface area (Å²) in [6.07, 6.45) is 2.81. The van der Waals surface area contributed by atoms with Gasteiger partial charge in [0.15, 0.2) is 11.4 Å². The summed E-state index contributed by atoms with van der Waals surface area (Å²) < 4.78 is 6.73. The Balaban J connectivity index is 2.01. The molecule has 0 spiro atoms. The van der Waals surface area contributed by atoms with E-state index in [-0.39, 0.29) is 23.9 Å². The number of aromatic hydroxyl groups is 1. The van der Waals surface area contributed by atoms with E-state index in [4.69, 9.17) is 4.74 Å². The van der Waals surface area contributed by atoms with Crippen LogP contribution in [0.3, 0.4) is 0 Å². The molecule has 0 saturated carbocycles. The van der Waals surface area contributed by atoms with Crippen molar-refractivity contribution in [3.8, 4) is 5.75 Å². The summed E-state index contributed by atoms with van der Waals surface area (Å²) in [7, 11) is 1.65. The van der Waals surface area contributed by atoms with Crippen LogP contribution in [-0.4, -0.2) is 46.5 Å². The first-order chi connectivity index (χ1) is 9.11. The van der Waals surface area contributed by atoms with Gasteiger partial charge in [0.2, 0.25) is 5.43 Å². The molecular formula is C12H15N3O4. The molecule has 2 atom stereocenters. The Labute approximate surface area is 109 Å². The molecule has 7 nitrogen and oxygen atoms in total. The van der Waals surface area contributed by atoms with Gasteiger partial charge < -0.3 is 20.2 Å². The van der Waals surface area contributed by atoms with E-state index >= 15 is 0 Å². The van der Waals surface area contributed by atoms with Gasteiger partial charge >= 0.3 is 0 Å². The fourth-order valence-electron chi connectivity index (χ4n) is 2.65. The molecule has 0 aliphatic carbocycles. The zero-order chi connectivity index (χ0) is 13.6. The third-order valence-corrected chi connectivity index (χ3v) is 3.71. The summed E-state index contributed by atoms with van der Waals surface area (Å²) >= 11 is 0. The quantitative estimate of drug-likeness (QED) is 0.727. The largest absolute Gasteiger partial charge is 0.502 e. The maximum atomic E-state index is 12.3. The fourth-order valence-corrected chi connectivity index (χ4v) is 2.65. The van der Waals surface area contributed by atoms with Crippen molar-refractivity contribution in [2.75, 3.05) is 19.1 Å². The number of amides is 1. The average molecular weight is 265 g/mol. The number of ether oxygens (including phenoxy) is 1. The molecule has 2 aliphatic rings. The number of carbonyl (C=O) groups excluding carboxylic acids is 1. The van der Waals surface area contributed by atoms with Crippen LogP contribution < -0.4 is 10.9 Å². The lowest BCUT2D eigenvalue weighted by Crippen LogP contribution is -2.58. The summed E-state index contributed by atoms with van der Waals surface area (Å²) in [5.41, 5.74) is 2.55. The third kappa shape index (κ3) is 1.77. The maximum Gasteiger partial charge on any atom is 0.278 e. The van der Waals surface area contributed by atoms with Crippen molar-refractivity contribution >= 4 is 5.91 Å². The molecule has 1 aromatic rings. The molecule has 19 heavy (non-hydrogen) atoms. The topological polar surface area (TPSA) is 83.8 Å². The predicted octanol–water partition coefficient (Wildman–Crippen LogP) is -0.312. The second-order valence-corrected chi connectivity index (χ2v) is 4.77. The normalized spacial score (nSPS) is 25.5. The summed E-state index contributed by atoms with van der Waals surface area (Å²) in [4.78, 5) is 25.4. The number of nitrogens with zero attached hydrogens (tertiary/aromatic N) is 2. The first-order valence-electron chi connectivity index (χ1n) is 6.16. The number of hydrogen-bond acceptors (Lipinski definition) is 5. The molecule has 1 saturated heterocycles. The fraction of sp³-hybridized carbons (Fsp3) is 0.500. The van der Waals surface area contributed by atoms with E-state index in [0.717, 1.165) is 6.42 Å². The molecule has 1 fully saturated rings. The first kappa shape index (κ1) is 12.0. The van der Waals surface area contributed by atoms with Gasteiger partial charge in [-0.1, -0.05) is 0 Å². The highest BCUT2D eigenvalue weighted by atomic mass is 16.5. The molecule has 2 N–H and O–H groups in total. The number of fused-ring (bicyclic) bond motifs is 2. The zero-order valence-corrected chi connectivity index (χ0v) is 10.5. The number of nitrogens with one attached hydrogen (secondary N) is 1. The minimum absolute atomic E-state index is 0.000355.